The molecule has 2 aliphatic rings. The zero-order valence-corrected chi connectivity index (χ0v) is 9.54. The number of ether oxygens (including phenoxy) is 1. The maximum atomic E-state index is 11.5. The Morgan fingerprint density at radius 3 is 3.00 bits per heavy atom. The van der Waals surface area contributed by atoms with Gasteiger partial charge in [0.25, 0.3) is 0 Å². The van der Waals surface area contributed by atoms with E-state index in [0.29, 0.717) is 17.4 Å². The summed E-state index contributed by atoms with van der Waals surface area (Å²) in [5.41, 5.74) is 0.421. The van der Waals surface area contributed by atoms with E-state index in [4.69, 9.17) is 0 Å². The maximum Gasteiger partial charge on any atom is 0.354 e. The van der Waals surface area contributed by atoms with Gasteiger partial charge < -0.3 is 4.74 Å². The molecule has 0 spiro atoms. The molecule has 0 aromatic rings. The standard InChI is InChI=1S/C10H13NO3S/c1-3-6-4-7(10(13)14-2)11-8(12)5-9(11)15-6/h4,6,9H,3,5H2,1-2H3/t6?,9-/m1/s1. The summed E-state index contributed by atoms with van der Waals surface area (Å²) in [7, 11) is 1.34. The summed E-state index contributed by atoms with van der Waals surface area (Å²) in [5.74, 6) is -0.398. The number of hydrogen-bond acceptors (Lipinski definition) is 4. The smallest absolute Gasteiger partial charge is 0.354 e. The number of carbonyl (C=O) groups excluding carboxylic acids is 2. The predicted molar refractivity (Wildman–Crippen MR) is 57.0 cm³/mol. The van der Waals surface area contributed by atoms with E-state index in [2.05, 4.69) is 11.7 Å². The van der Waals surface area contributed by atoms with Crippen molar-refractivity contribution in [1.29, 1.82) is 0 Å². The van der Waals surface area contributed by atoms with Gasteiger partial charge in [0.05, 0.1) is 18.9 Å². The molecule has 82 valence electrons. The van der Waals surface area contributed by atoms with Crippen LogP contribution in [0.15, 0.2) is 11.8 Å². The highest BCUT2D eigenvalue weighted by molar-refractivity contribution is 8.00. The van der Waals surface area contributed by atoms with Crippen LogP contribution in [0.2, 0.25) is 0 Å². The third-order valence-electron chi connectivity index (χ3n) is 2.64. The first kappa shape index (κ1) is 10.5. The van der Waals surface area contributed by atoms with E-state index in [9.17, 15) is 9.59 Å². The van der Waals surface area contributed by atoms with E-state index < -0.39 is 5.97 Å². The van der Waals surface area contributed by atoms with Crippen LogP contribution in [-0.4, -0.2) is 34.5 Å². The van der Waals surface area contributed by atoms with E-state index in [1.54, 1.807) is 16.7 Å². The van der Waals surface area contributed by atoms with Gasteiger partial charge in [-0.05, 0) is 12.5 Å². The van der Waals surface area contributed by atoms with E-state index in [0.717, 1.165) is 6.42 Å². The van der Waals surface area contributed by atoms with Crippen molar-refractivity contribution in [3.05, 3.63) is 11.8 Å². The van der Waals surface area contributed by atoms with Gasteiger partial charge in [0.2, 0.25) is 5.91 Å². The fourth-order valence-electron chi connectivity index (χ4n) is 1.77. The number of hydrogen-bond donors (Lipinski definition) is 0. The molecule has 5 heteroatoms. The molecule has 1 amide bonds. The average Bonchev–Trinajstić information content (AvgIpc) is 2.24. The first-order chi connectivity index (χ1) is 7.17. The lowest BCUT2D eigenvalue weighted by molar-refractivity contribution is -0.147. The highest BCUT2D eigenvalue weighted by atomic mass is 32.2. The second kappa shape index (κ2) is 3.89. The largest absolute Gasteiger partial charge is 0.464 e. The zero-order valence-electron chi connectivity index (χ0n) is 8.73. The van der Waals surface area contributed by atoms with E-state index in [-0.39, 0.29) is 11.3 Å². The van der Waals surface area contributed by atoms with Crippen molar-refractivity contribution in [1.82, 2.24) is 4.90 Å². The molecule has 2 atom stereocenters. The molecular weight excluding hydrogens is 214 g/mol. The Bertz CT molecular complexity index is 340. The zero-order chi connectivity index (χ0) is 11.0. The quantitative estimate of drug-likeness (QED) is 0.524. The normalized spacial score (nSPS) is 29.1. The van der Waals surface area contributed by atoms with E-state index >= 15 is 0 Å². The van der Waals surface area contributed by atoms with Gasteiger partial charge in [0.1, 0.15) is 5.70 Å². The van der Waals surface area contributed by atoms with Gasteiger partial charge in [-0.2, -0.15) is 0 Å². The number of thioether (sulfide) groups is 1. The highest BCUT2D eigenvalue weighted by Crippen LogP contribution is 2.41. The number of fused-ring (bicyclic) bond motifs is 1. The van der Waals surface area contributed by atoms with Crippen LogP contribution in [0.4, 0.5) is 0 Å². The molecule has 0 bridgehead atoms. The van der Waals surface area contributed by atoms with Crippen molar-refractivity contribution in [2.24, 2.45) is 0 Å². The van der Waals surface area contributed by atoms with Gasteiger partial charge >= 0.3 is 5.97 Å². The van der Waals surface area contributed by atoms with Gasteiger partial charge in [-0.15, -0.1) is 11.8 Å². The summed E-state index contributed by atoms with van der Waals surface area (Å²) in [5, 5.41) is 0.454. The van der Waals surface area contributed by atoms with Gasteiger partial charge in [-0.3, -0.25) is 9.69 Å². The Labute approximate surface area is 92.6 Å². The van der Waals surface area contributed by atoms with Crippen molar-refractivity contribution >= 4 is 23.6 Å². The van der Waals surface area contributed by atoms with Crippen LogP contribution in [0.25, 0.3) is 0 Å². The number of methoxy groups -OCH3 is 1. The van der Waals surface area contributed by atoms with E-state index in [1.807, 2.05) is 6.08 Å². The minimum atomic E-state index is -0.410. The van der Waals surface area contributed by atoms with Crippen LogP contribution >= 0.6 is 11.8 Å². The maximum absolute atomic E-state index is 11.5. The lowest BCUT2D eigenvalue weighted by atomic mass is 10.1. The lowest BCUT2D eigenvalue weighted by Gasteiger charge is -2.44. The first-order valence-electron chi connectivity index (χ1n) is 4.95. The second-order valence-electron chi connectivity index (χ2n) is 3.55. The Hall–Kier alpha value is -0.970. The molecule has 0 aromatic carbocycles. The summed E-state index contributed by atoms with van der Waals surface area (Å²) in [6.45, 7) is 2.07. The van der Waals surface area contributed by atoms with E-state index in [1.165, 1.54) is 7.11 Å². The van der Waals surface area contributed by atoms with Crippen molar-refractivity contribution in [2.45, 2.75) is 30.4 Å². The van der Waals surface area contributed by atoms with Gasteiger partial charge in [0.15, 0.2) is 0 Å². The average molecular weight is 227 g/mol. The van der Waals surface area contributed by atoms with Crippen molar-refractivity contribution in [2.75, 3.05) is 7.11 Å². The fourth-order valence-corrected chi connectivity index (χ4v) is 3.16. The Balaban J connectivity index is 2.25. The van der Waals surface area contributed by atoms with Crippen LogP contribution in [-0.2, 0) is 14.3 Å². The molecule has 2 aliphatic heterocycles. The number of esters is 1. The third kappa shape index (κ3) is 1.65. The minimum Gasteiger partial charge on any atom is -0.464 e. The van der Waals surface area contributed by atoms with Crippen LogP contribution in [0.5, 0.6) is 0 Å². The summed E-state index contributed by atoms with van der Waals surface area (Å²) in [4.78, 5) is 24.4. The molecule has 2 heterocycles. The minimum absolute atomic E-state index is 0.0127. The van der Waals surface area contributed by atoms with Gasteiger partial charge in [-0.1, -0.05) is 6.92 Å². The first-order valence-corrected chi connectivity index (χ1v) is 5.89. The number of nitrogens with zero attached hydrogens (tertiary/aromatic N) is 1. The summed E-state index contributed by atoms with van der Waals surface area (Å²) >= 11 is 1.74. The molecular formula is C10H13NO3S. The third-order valence-corrected chi connectivity index (χ3v) is 4.15. The molecule has 1 saturated heterocycles. The molecule has 4 nitrogen and oxygen atoms in total. The van der Waals surface area contributed by atoms with Crippen LogP contribution in [0, 0.1) is 0 Å². The number of rotatable bonds is 2. The molecule has 15 heavy (non-hydrogen) atoms. The fraction of sp³-hybridized carbons (Fsp3) is 0.600. The lowest BCUT2D eigenvalue weighted by Crippen LogP contribution is -2.54. The van der Waals surface area contributed by atoms with Gasteiger partial charge in [0, 0.05) is 5.25 Å². The van der Waals surface area contributed by atoms with Crippen molar-refractivity contribution < 1.29 is 14.3 Å². The molecule has 1 fully saturated rings. The molecule has 0 N–H and O–H groups in total. The van der Waals surface area contributed by atoms with Crippen LogP contribution in [0.1, 0.15) is 19.8 Å². The number of carbonyl (C=O) groups is 2. The van der Waals surface area contributed by atoms with Crippen LogP contribution < -0.4 is 0 Å². The van der Waals surface area contributed by atoms with Crippen LogP contribution in [0.3, 0.4) is 0 Å². The molecule has 0 aliphatic carbocycles. The van der Waals surface area contributed by atoms with Crippen molar-refractivity contribution in [3.8, 4) is 0 Å². The summed E-state index contributed by atoms with van der Waals surface area (Å²) < 4.78 is 4.67. The Morgan fingerprint density at radius 2 is 2.47 bits per heavy atom. The molecule has 1 unspecified atom stereocenters. The molecule has 0 aromatic heterocycles. The Kier molecular flexibility index (Phi) is 2.73. The SMILES string of the molecule is CCC1C=C(C(=O)OC)N2C(=O)C[C@H]2S1. The predicted octanol–water partition coefficient (Wildman–Crippen LogP) is 1.13. The Morgan fingerprint density at radius 1 is 1.73 bits per heavy atom. The second-order valence-corrected chi connectivity index (χ2v) is 4.97. The summed E-state index contributed by atoms with van der Waals surface area (Å²) in [6.07, 6.45) is 3.34. The number of amides is 1. The van der Waals surface area contributed by atoms with Crippen molar-refractivity contribution in [3.63, 3.8) is 0 Å². The highest BCUT2D eigenvalue weighted by Gasteiger charge is 2.45. The molecule has 0 saturated carbocycles. The topological polar surface area (TPSA) is 46.6 Å². The molecule has 0 radical (unpaired) electrons. The summed E-state index contributed by atoms with van der Waals surface area (Å²) in [6, 6.07) is 0. The van der Waals surface area contributed by atoms with Gasteiger partial charge in [-0.25, -0.2) is 4.79 Å². The monoisotopic (exact) mass is 227 g/mol. The molecule has 2 rings (SSSR count). The number of β-lactam (4-membered cyclic amide) rings is 1.